The van der Waals surface area contributed by atoms with Crippen LogP contribution in [0.5, 0.6) is 0 Å². The Morgan fingerprint density at radius 1 is 1.28 bits per heavy atom. The first-order chi connectivity index (χ1) is 8.81. The minimum absolute atomic E-state index is 0.181. The summed E-state index contributed by atoms with van der Waals surface area (Å²) < 4.78 is 15.3. The Hall–Kier alpha value is -1.75. The lowest BCUT2D eigenvalue weighted by Crippen LogP contribution is -2.18. The predicted molar refractivity (Wildman–Crippen MR) is 67.3 cm³/mol. The molecule has 0 spiro atoms. The highest BCUT2D eigenvalue weighted by molar-refractivity contribution is 5.16. The largest absolute Gasteiger partial charge is 0.306 e. The van der Waals surface area contributed by atoms with Crippen molar-refractivity contribution in [2.75, 3.05) is 0 Å². The normalized spacial score (nSPS) is 10.8. The zero-order valence-electron chi connectivity index (χ0n) is 10.4. The van der Waals surface area contributed by atoms with Gasteiger partial charge < -0.3 is 5.32 Å². The maximum absolute atomic E-state index is 13.4. The van der Waals surface area contributed by atoms with E-state index in [1.54, 1.807) is 18.5 Å². The molecule has 18 heavy (non-hydrogen) atoms. The minimum atomic E-state index is -0.181. The van der Waals surface area contributed by atoms with Gasteiger partial charge >= 0.3 is 0 Å². The molecule has 0 bridgehead atoms. The zero-order chi connectivity index (χ0) is 12.8. The highest BCUT2D eigenvalue weighted by Crippen LogP contribution is 2.06. The third-order valence-electron chi connectivity index (χ3n) is 2.69. The molecule has 4 nitrogen and oxygen atoms in total. The number of nitrogens with one attached hydrogen (secondary N) is 1. The molecule has 0 amide bonds. The zero-order valence-corrected chi connectivity index (χ0v) is 10.4. The fourth-order valence-corrected chi connectivity index (χ4v) is 1.77. The molecule has 1 aromatic carbocycles. The van der Waals surface area contributed by atoms with Gasteiger partial charge in [-0.15, -0.1) is 0 Å². The van der Waals surface area contributed by atoms with Gasteiger partial charge in [0.1, 0.15) is 18.0 Å². The highest BCUT2D eigenvalue weighted by atomic mass is 19.1. The fourth-order valence-electron chi connectivity index (χ4n) is 1.77. The monoisotopic (exact) mass is 248 g/mol. The highest BCUT2D eigenvalue weighted by Gasteiger charge is 2.04. The summed E-state index contributed by atoms with van der Waals surface area (Å²) in [6.07, 6.45) is 2.57. The van der Waals surface area contributed by atoms with Gasteiger partial charge in [0.15, 0.2) is 0 Å². The molecule has 0 fully saturated rings. The van der Waals surface area contributed by atoms with Crippen LogP contribution in [0.3, 0.4) is 0 Å². The van der Waals surface area contributed by atoms with E-state index in [1.807, 2.05) is 10.7 Å². The number of halogens is 1. The quantitative estimate of drug-likeness (QED) is 0.851. The van der Waals surface area contributed by atoms with Gasteiger partial charge in [-0.25, -0.2) is 14.1 Å². The third-order valence-corrected chi connectivity index (χ3v) is 2.69. The van der Waals surface area contributed by atoms with E-state index < -0.39 is 0 Å². The molecule has 0 saturated carbocycles. The molecule has 0 unspecified atom stereocenters. The van der Waals surface area contributed by atoms with E-state index in [0.717, 1.165) is 18.8 Å². The summed E-state index contributed by atoms with van der Waals surface area (Å²) in [4.78, 5) is 4.18. The molecule has 2 aromatic rings. The van der Waals surface area contributed by atoms with Crippen LogP contribution < -0.4 is 5.32 Å². The summed E-state index contributed by atoms with van der Waals surface area (Å²) in [6, 6.07) is 6.77. The Bertz CT molecular complexity index is 495. The molecule has 0 atom stereocenters. The number of rotatable bonds is 6. The fraction of sp³-hybridized carbons (Fsp3) is 0.385. The summed E-state index contributed by atoms with van der Waals surface area (Å²) in [7, 11) is 0. The average Bonchev–Trinajstić information content (AvgIpc) is 2.80. The summed E-state index contributed by atoms with van der Waals surface area (Å²) in [6.45, 7) is 4.04. The van der Waals surface area contributed by atoms with Crippen molar-refractivity contribution in [3.05, 3.63) is 47.8 Å². The summed E-state index contributed by atoms with van der Waals surface area (Å²) >= 11 is 0. The van der Waals surface area contributed by atoms with Gasteiger partial charge in [0.2, 0.25) is 0 Å². The second kappa shape index (κ2) is 6.26. The first-order valence-electron chi connectivity index (χ1n) is 6.12. The second-order valence-electron chi connectivity index (χ2n) is 4.09. The van der Waals surface area contributed by atoms with Crippen LogP contribution in [0, 0.1) is 5.82 Å². The van der Waals surface area contributed by atoms with Crippen LogP contribution in [0.25, 0.3) is 0 Å². The Labute approximate surface area is 106 Å². The molecule has 1 N–H and O–H groups in total. The molecule has 0 aliphatic carbocycles. The van der Waals surface area contributed by atoms with E-state index in [9.17, 15) is 4.39 Å². The SMILES string of the molecule is CCCn1ncnc1CNCc1ccccc1F. The van der Waals surface area contributed by atoms with Crippen molar-refractivity contribution in [1.29, 1.82) is 0 Å². The molecule has 96 valence electrons. The third kappa shape index (κ3) is 3.13. The van der Waals surface area contributed by atoms with E-state index in [4.69, 9.17) is 0 Å². The van der Waals surface area contributed by atoms with E-state index in [1.165, 1.54) is 6.07 Å². The Kier molecular flexibility index (Phi) is 4.41. The molecular formula is C13H17FN4. The smallest absolute Gasteiger partial charge is 0.140 e. The Morgan fingerprint density at radius 3 is 2.89 bits per heavy atom. The molecule has 0 aliphatic heterocycles. The van der Waals surface area contributed by atoms with Crippen LogP contribution in [0.4, 0.5) is 4.39 Å². The van der Waals surface area contributed by atoms with Crippen molar-refractivity contribution >= 4 is 0 Å². The van der Waals surface area contributed by atoms with Crippen LogP contribution in [0.1, 0.15) is 24.7 Å². The van der Waals surface area contributed by atoms with Gasteiger partial charge in [-0.1, -0.05) is 25.1 Å². The van der Waals surface area contributed by atoms with Crippen LogP contribution >= 0.6 is 0 Å². The van der Waals surface area contributed by atoms with Gasteiger partial charge in [0, 0.05) is 18.7 Å². The number of benzene rings is 1. The molecule has 0 radical (unpaired) electrons. The first-order valence-corrected chi connectivity index (χ1v) is 6.12. The second-order valence-corrected chi connectivity index (χ2v) is 4.09. The van der Waals surface area contributed by atoms with Gasteiger partial charge in [-0.3, -0.25) is 0 Å². The van der Waals surface area contributed by atoms with Crippen molar-refractivity contribution in [2.24, 2.45) is 0 Å². The predicted octanol–water partition coefficient (Wildman–Crippen LogP) is 2.12. The summed E-state index contributed by atoms with van der Waals surface area (Å²) in [5.74, 6) is 0.702. The summed E-state index contributed by atoms with van der Waals surface area (Å²) in [5.41, 5.74) is 0.666. The Balaban J connectivity index is 1.88. The first kappa shape index (κ1) is 12.7. The van der Waals surface area contributed by atoms with Crippen LogP contribution in [-0.4, -0.2) is 14.8 Å². The van der Waals surface area contributed by atoms with Crippen molar-refractivity contribution in [1.82, 2.24) is 20.1 Å². The van der Waals surface area contributed by atoms with Gasteiger partial charge in [-0.05, 0) is 12.5 Å². The molecule has 5 heteroatoms. The van der Waals surface area contributed by atoms with Crippen molar-refractivity contribution in [3.63, 3.8) is 0 Å². The van der Waals surface area contributed by atoms with Crippen molar-refractivity contribution in [2.45, 2.75) is 33.0 Å². The van der Waals surface area contributed by atoms with Crippen LogP contribution in [0.2, 0.25) is 0 Å². The topological polar surface area (TPSA) is 42.7 Å². The van der Waals surface area contributed by atoms with E-state index in [0.29, 0.717) is 18.7 Å². The van der Waals surface area contributed by atoms with Crippen molar-refractivity contribution < 1.29 is 4.39 Å². The van der Waals surface area contributed by atoms with E-state index >= 15 is 0 Å². The number of aromatic nitrogens is 3. The van der Waals surface area contributed by atoms with Crippen molar-refractivity contribution in [3.8, 4) is 0 Å². The molecule has 1 heterocycles. The lowest BCUT2D eigenvalue weighted by atomic mass is 10.2. The lowest BCUT2D eigenvalue weighted by molar-refractivity contribution is 0.534. The number of hydrogen-bond acceptors (Lipinski definition) is 3. The molecular weight excluding hydrogens is 231 g/mol. The lowest BCUT2D eigenvalue weighted by Gasteiger charge is -2.07. The minimum Gasteiger partial charge on any atom is -0.306 e. The molecule has 0 saturated heterocycles. The summed E-state index contributed by atoms with van der Waals surface area (Å²) in [5, 5.41) is 7.32. The maximum atomic E-state index is 13.4. The average molecular weight is 248 g/mol. The molecule has 1 aromatic heterocycles. The van der Waals surface area contributed by atoms with Crippen LogP contribution in [-0.2, 0) is 19.6 Å². The molecule has 0 aliphatic rings. The number of hydrogen-bond donors (Lipinski definition) is 1. The molecule has 2 rings (SSSR count). The Morgan fingerprint density at radius 2 is 2.11 bits per heavy atom. The van der Waals surface area contributed by atoms with Gasteiger partial charge in [0.25, 0.3) is 0 Å². The standard InChI is InChI=1S/C13H17FN4/c1-2-7-18-13(16-10-17-18)9-15-8-11-5-3-4-6-12(11)14/h3-6,10,15H,2,7-9H2,1H3. The number of aryl methyl sites for hydroxylation is 1. The van der Waals surface area contributed by atoms with Gasteiger partial charge in [0.05, 0.1) is 6.54 Å². The van der Waals surface area contributed by atoms with Gasteiger partial charge in [-0.2, -0.15) is 5.10 Å². The maximum Gasteiger partial charge on any atom is 0.140 e. The van der Waals surface area contributed by atoms with E-state index in [2.05, 4.69) is 22.3 Å². The number of nitrogens with zero attached hydrogens (tertiary/aromatic N) is 3. The van der Waals surface area contributed by atoms with Crippen LogP contribution in [0.15, 0.2) is 30.6 Å². The van der Waals surface area contributed by atoms with E-state index in [-0.39, 0.29) is 5.82 Å².